The second kappa shape index (κ2) is 6.83. The Hall–Kier alpha value is -1.97. The number of aliphatic carboxylic acids is 1. The fraction of sp³-hybridized carbons (Fsp3) is 0.400. The minimum Gasteiger partial charge on any atom is -0.496 e. The fourth-order valence-electron chi connectivity index (χ4n) is 1.83. The van der Waals surface area contributed by atoms with E-state index in [1.807, 2.05) is 24.1 Å². The third-order valence-corrected chi connectivity index (χ3v) is 2.92. The minimum absolute atomic E-state index is 0.373. The van der Waals surface area contributed by atoms with Crippen molar-refractivity contribution in [3.8, 4) is 5.75 Å². The van der Waals surface area contributed by atoms with E-state index in [4.69, 9.17) is 9.84 Å². The number of carboxylic acids is 1. The summed E-state index contributed by atoms with van der Waals surface area (Å²) in [5.41, 5.74) is 2.19. The smallest absolute Gasteiger partial charge is 0.328 e. The van der Waals surface area contributed by atoms with E-state index in [2.05, 4.69) is 19.9 Å². The first-order valence-corrected chi connectivity index (χ1v) is 6.24. The summed E-state index contributed by atoms with van der Waals surface area (Å²) in [4.78, 5) is 12.4. The van der Waals surface area contributed by atoms with E-state index in [-0.39, 0.29) is 0 Å². The maximum absolute atomic E-state index is 10.4. The predicted molar refractivity (Wildman–Crippen MR) is 77.1 cm³/mol. The van der Waals surface area contributed by atoms with Crippen LogP contribution in [-0.2, 0) is 4.79 Å². The average molecular weight is 263 g/mol. The monoisotopic (exact) mass is 263 g/mol. The maximum atomic E-state index is 10.4. The molecular weight excluding hydrogens is 242 g/mol. The molecule has 1 aromatic rings. The fourth-order valence-corrected chi connectivity index (χ4v) is 1.83. The van der Waals surface area contributed by atoms with Crippen LogP contribution >= 0.6 is 0 Å². The highest BCUT2D eigenvalue weighted by Gasteiger charge is 2.09. The molecule has 0 aliphatic carbocycles. The molecule has 1 aromatic carbocycles. The molecular formula is C15H21NO3. The van der Waals surface area contributed by atoms with Crippen LogP contribution in [0, 0.1) is 0 Å². The van der Waals surface area contributed by atoms with Crippen molar-refractivity contribution in [3.05, 3.63) is 35.9 Å². The largest absolute Gasteiger partial charge is 0.496 e. The molecule has 0 aliphatic rings. The zero-order valence-electron chi connectivity index (χ0n) is 11.9. The number of carbonyl (C=O) groups is 1. The van der Waals surface area contributed by atoms with Crippen LogP contribution in [0.5, 0.6) is 5.75 Å². The van der Waals surface area contributed by atoms with Gasteiger partial charge in [-0.15, -0.1) is 0 Å². The number of anilines is 1. The quantitative estimate of drug-likeness (QED) is 0.802. The Morgan fingerprint density at radius 2 is 2.16 bits per heavy atom. The van der Waals surface area contributed by atoms with Crippen LogP contribution in [-0.4, -0.2) is 31.8 Å². The van der Waals surface area contributed by atoms with Gasteiger partial charge in [-0.3, -0.25) is 0 Å². The zero-order valence-corrected chi connectivity index (χ0v) is 11.9. The third kappa shape index (κ3) is 4.32. The molecule has 0 aliphatic heterocycles. The first kappa shape index (κ1) is 15.1. The van der Waals surface area contributed by atoms with Gasteiger partial charge in [0, 0.05) is 25.4 Å². The molecule has 0 saturated heterocycles. The molecule has 1 N–H and O–H groups in total. The van der Waals surface area contributed by atoms with Crippen LogP contribution in [0.4, 0.5) is 5.69 Å². The molecule has 4 nitrogen and oxygen atoms in total. The second-order valence-electron chi connectivity index (χ2n) is 4.70. The number of benzene rings is 1. The summed E-state index contributed by atoms with van der Waals surface area (Å²) in [7, 11) is 3.60. The van der Waals surface area contributed by atoms with Crippen LogP contribution in [0.1, 0.15) is 25.3 Å². The van der Waals surface area contributed by atoms with E-state index < -0.39 is 5.97 Å². The van der Waals surface area contributed by atoms with Crippen molar-refractivity contribution >= 4 is 11.7 Å². The lowest BCUT2D eigenvalue weighted by molar-refractivity contribution is -0.131. The number of ether oxygens (including phenoxy) is 1. The summed E-state index contributed by atoms with van der Waals surface area (Å²) in [6.07, 6.45) is 2.78. The molecule has 104 valence electrons. The summed E-state index contributed by atoms with van der Waals surface area (Å²) in [5, 5.41) is 8.56. The topological polar surface area (TPSA) is 49.8 Å². The summed E-state index contributed by atoms with van der Waals surface area (Å²) >= 11 is 0. The minimum atomic E-state index is -0.925. The van der Waals surface area contributed by atoms with Gasteiger partial charge in [-0.05, 0) is 29.7 Å². The number of hydrogen-bond donors (Lipinski definition) is 1. The van der Waals surface area contributed by atoms with E-state index in [1.54, 1.807) is 13.2 Å². The number of likely N-dealkylation sites (N-methyl/N-ethyl adjacent to an activating group) is 1. The van der Waals surface area contributed by atoms with Gasteiger partial charge in [-0.1, -0.05) is 19.9 Å². The molecule has 1 rings (SSSR count). The van der Waals surface area contributed by atoms with Crippen LogP contribution in [0.3, 0.4) is 0 Å². The van der Waals surface area contributed by atoms with Gasteiger partial charge in [0.05, 0.1) is 7.11 Å². The lowest BCUT2D eigenvalue weighted by Crippen LogP contribution is -2.17. The number of rotatable bonds is 6. The molecule has 0 spiro atoms. The lowest BCUT2D eigenvalue weighted by Gasteiger charge is -2.20. The molecule has 4 heteroatoms. The Bertz CT molecular complexity index is 466. The van der Waals surface area contributed by atoms with Crippen molar-refractivity contribution in [1.29, 1.82) is 0 Å². The van der Waals surface area contributed by atoms with Crippen LogP contribution < -0.4 is 9.64 Å². The Balaban J connectivity index is 2.89. The van der Waals surface area contributed by atoms with Gasteiger partial charge in [-0.2, -0.15) is 0 Å². The number of hydrogen-bond acceptors (Lipinski definition) is 3. The van der Waals surface area contributed by atoms with Crippen molar-refractivity contribution in [3.63, 3.8) is 0 Å². The summed E-state index contributed by atoms with van der Waals surface area (Å²) in [5.74, 6) is 0.331. The molecule has 0 aromatic heterocycles. The van der Waals surface area contributed by atoms with Crippen molar-refractivity contribution in [1.82, 2.24) is 0 Å². The molecule has 19 heavy (non-hydrogen) atoms. The van der Waals surface area contributed by atoms with Gasteiger partial charge in [0.25, 0.3) is 0 Å². The molecule has 0 radical (unpaired) electrons. The summed E-state index contributed by atoms with van der Waals surface area (Å²) in [6, 6.07) is 6.00. The van der Waals surface area contributed by atoms with Gasteiger partial charge >= 0.3 is 5.97 Å². The number of carboxylic acid groups (broad SMARTS) is 1. The molecule has 0 heterocycles. The van der Waals surface area contributed by atoms with Gasteiger partial charge in [0.2, 0.25) is 0 Å². The predicted octanol–water partition coefficient (Wildman–Crippen LogP) is 2.90. The molecule has 0 saturated carbocycles. The van der Waals surface area contributed by atoms with E-state index in [0.29, 0.717) is 12.5 Å². The first-order chi connectivity index (χ1) is 8.95. The van der Waals surface area contributed by atoms with Gasteiger partial charge in [0.1, 0.15) is 5.75 Å². The molecule has 0 atom stereocenters. The lowest BCUT2D eigenvalue weighted by atomic mass is 10.0. The number of nitrogens with zero attached hydrogens (tertiary/aromatic N) is 1. The van der Waals surface area contributed by atoms with Crippen molar-refractivity contribution in [2.75, 3.05) is 25.6 Å². The van der Waals surface area contributed by atoms with Crippen molar-refractivity contribution in [2.45, 2.75) is 19.8 Å². The third-order valence-electron chi connectivity index (χ3n) is 2.92. The molecule has 0 amide bonds. The second-order valence-corrected chi connectivity index (χ2v) is 4.70. The highest BCUT2D eigenvalue weighted by molar-refractivity contribution is 5.79. The van der Waals surface area contributed by atoms with Crippen molar-refractivity contribution < 1.29 is 14.6 Å². The van der Waals surface area contributed by atoms with Crippen LogP contribution in [0.2, 0.25) is 0 Å². The molecule has 0 unspecified atom stereocenters. The Morgan fingerprint density at radius 1 is 1.47 bits per heavy atom. The normalized spacial score (nSPS) is 11.0. The standard InChI is InChI=1S/C15H21NO3/c1-11(2)13-10-12(7-8-14(13)19-4)16(3)9-5-6-15(17)18/h5-8,10-11H,9H2,1-4H3,(H,17,18)/b6-5+. The zero-order chi connectivity index (χ0) is 14.4. The van der Waals surface area contributed by atoms with Crippen LogP contribution in [0.15, 0.2) is 30.4 Å². The Labute approximate surface area is 114 Å². The van der Waals surface area contributed by atoms with Gasteiger partial charge < -0.3 is 14.7 Å². The Morgan fingerprint density at radius 3 is 2.68 bits per heavy atom. The molecule has 0 fully saturated rings. The van der Waals surface area contributed by atoms with Crippen molar-refractivity contribution in [2.24, 2.45) is 0 Å². The number of methoxy groups -OCH3 is 1. The highest BCUT2D eigenvalue weighted by atomic mass is 16.5. The molecule has 0 bridgehead atoms. The van der Waals surface area contributed by atoms with E-state index in [0.717, 1.165) is 23.1 Å². The van der Waals surface area contributed by atoms with Gasteiger partial charge in [0.15, 0.2) is 0 Å². The summed E-state index contributed by atoms with van der Waals surface area (Å²) in [6.45, 7) is 4.79. The van der Waals surface area contributed by atoms with E-state index in [1.165, 1.54) is 0 Å². The average Bonchev–Trinajstić information content (AvgIpc) is 2.37. The summed E-state index contributed by atoms with van der Waals surface area (Å²) < 4.78 is 5.34. The highest BCUT2D eigenvalue weighted by Crippen LogP contribution is 2.30. The van der Waals surface area contributed by atoms with Gasteiger partial charge in [-0.25, -0.2) is 4.79 Å². The Kier molecular flexibility index (Phi) is 5.42. The van der Waals surface area contributed by atoms with E-state index in [9.17, 15) is 4.79 Å². The van der Waals surface area contributed by atoms with Crippen LogP contribution in [0.25, 0.3) is 0 Å². The maximum Gasteiger partial charge on any atom is 0.328 e. The first-order valence-electron chi connectivity index (χ1n) is 6.24. The van der Waals surface area contributed by atoms with E-state index >= 15 is 0 Å². The SMILES string of the molecule is COc1ccc(N(C)C/C=C/C(=O)O)cc1C(C)C.